The van der Waals surface area contributed by atoms with Crippen molar-refractivity contribution in [3.05, 3.63) is 35.9 Å². The molecule has 18 heavy (non-hydrogen) atoms. The van der Waals surface area contributed by atoms with Crippen LogP contribution in [0.1, 0.15) is 24.3 Å². The molecule has 1 fully saturated rings. The van der Waals surface area contributed by atoms with Crippen molar-refractivity contribution in [1.82, 2.24) is 4.90 Å². The fourth-order valence-corrected chi connectivity index (χ4v) is 2.58. The van der Waals surface area contributed by atoms with Gasteiger partial charge in [0.05, 0.1) is 6.07 Å². The van der Waals surface area contributed by atoms with Gasteiger partial charge in [-0.15, -0.1) is 0 Å². The van der Waals surface area contributed by atoms with Crippen LogP contribution in [-0.2, 0) is 4.79 Å². The van der Waals surface area contributed by atoms with Gasteiger partial charge in [-0.3, -0.25) is 4.79 Å². The van der Waals surface area contributed by atoms with Crippen molar-refractivity contribution >= 4 is 5.78 Å². The molecule has 0 amide bonds. The third kappa shape index (κ3) is 2.77. The molecule has 0 spiro atoms. The molecule has 0 aromatic heterocycles. The van der Waals surface area contributed by atoms with Gasteiger partial charge in [-0.2, -0.15) is 5.26 Å². The van der Waals surface area contributed by atoms with Crippen molar-refractivity contribution in [2.24, 2.45) is 5.92 Å². The van der Waals surface area contributed by atoms with Gasteiger partial charge < -0.3 is 4.90 Å². The lowest BCUT2D eigenvalue weighted by atomic mass is 9.84. The third-order valence-corrected chi connectivity index (χ3v) is 3.57. The molecule has 1 aromatic rings. The summed E-state index contributed by atoms with van der Waals surface area (Å²) < 4.78 is 0. The molecule has 1 saturated heterocycles. The standard InChI is InChI=1S/C15H18N2O/c1-17-9-5-8-13(11-17)15(18)14(10-16)12-6-3-2-4-7-12/h2-4,6-7,13-14H,5,8-9,11H2,1H3/t13-,14+/m0/s1. The summed E-state index contributed by atoms with van der Waals surface area (Å²) in [5, 5.41) is 9.26. The van der Waals surface area contributed by atoms with Crippen molar-refractivity contribution in [2.75, 3.05) is 20.1 Å². The summed E-state index contributed by atoms with van der Waals surface area (Å²) in [5.41, 5.74) is 0.818. The molecule has 0 N–H and O–H groups in total. The predicted octanol–water partition coefficient (Wildman–Crippen LogP) is 2.20. The van der Waals surface area contributed by atoms with Gasteiger partial charge in [0.2, 0.25) is 0 Å². The Morgan fingerprint density at radius 3 is 2.78 bits per heavy atom. The summed E-state index contributed by atoms with van der Waals surface area (Å²) in [5.74, 6) is -0.522. The lowest BCUT2D eigenvalue weighted by Crippen LogP contribution is -2.37. The molecule has 0 radical (unpaired) electrons. The summed E-state index contributed by atoms with van der Waals surface area (Å²) >= 11 is 0. The van der Waals surface area contributed by atoms with Crippen molar-refractivity contribution in [1.29, 1.82) is 5.26 Å². The molecule has 0 aliphatic carbocycles. The highest BCUT2D eigenvalue weighted by molar-refractivity contribution is 5.90. The Bertz CT molecular complexity index is 449. The number of benzene rings is 1. The zero-order chi connectivity index (χ0) is 13.0. The number of carbonyl (C=O) groups excluding carboxylic acids is 1. The second kappa shape index (κ2) is 5.79. The number of nitriles is 1. The van der Waals surface area contributed by atoms with Gasteiger partial charge in [0, 0.05) is 12.5 Å². The van der Waals surface area contributed by atoms with Crippen LogP contribution in [0.5, 0.6) is 0 Å². The molecular formula is C15H18N2O. The molecular weight excluding hydrogens is 224 g/mol. The molecule has 0 unspecified atom stereocenters. The molecule has 1 heterocycles. The smallest absolute Gasteiger partial charge is 0.158 e. The second-order valence-corrected chi connectivity index (χ2v) is 4.98. The van der Waals surface area contributed by atoms with E-state index in [1.807, 2.05) is 37.4 Å². The van der Waals surface area contributed by atoms with Crippen LogP contribution in [0.2, 0.25) is 0 Å². The molecule has 2 atom stereocenters. The molecule has 94 valence electrons. The number of ketones is 1. The lowest BCUT2D eigenvalue weighted by molar-refractivity contribution is -0.124. The van der Waals surface area contributed by atoms with Gasteiger partial charge in [0.15, 0.2) is 5.78 Å². The zero-order valence-electron chi connectivity index (χ0n) is 10.7. The maximum atomic E-state index is 12.4. The van der Waals surface area contributed by atoms with Gasteiger partial charge in [-0.1, -0.05) is 30.3 Å². The highest BCUT2D eigenvalue weighted by Crippen LogP contribution is 2.25. The van der Waals surface area contributed by atoms with Crippen molar-refractivity contribution in [2.45, 2.75) is 18.8 Å². The minimum absolute atomic E-state index is 0.00797. The molecule has 1 aliphatic rings. The largest absolute Gasteiger partial charge is 0.306 e. The van der Waals surface area contributed by atoms with Crippen molar-refractivity contribution in [3.8, 4) is 6.07 Å². The first-order chi connectivity index (χ1) is 8.72. The number of hydrogen-bond donors (Lipinski definition) is 0. The third-order valence-electron chi connectivity index (χ3n) is 3.57. The number of hydrogen-bond acceptors (Lipinski definition) is 3. The average Bonchev–Trinajstić information content (AvgIpc) is 2.41. The van der Waals surface area contributed by atoms with E-state index in [9.17, 15) is 10.1 Å². The average molecular weight is 242 g/mol. The minimum atomic E-state index is -0.609. The monoisotopic (exact) mass is 242 g/mol. The molecule has 3 heteroatoms. The molecule has 0 bridgehead atoms. The van der Waals surface area contributed by atoms with Crippen LogP contribution in [0.3, 0.4) is 0 Å². The fraction of sp³-hybridized carbons (Fsp3) is 0.467. The normalized spacial score (nSPS) is 22.1. The first-order valence-electron chi connectivity index (χ1n) is 6.39. The molecule has 3 nitrogen and oxygen atoms in total. The van der Waals surface area contributed by atoms with E-state index in [2.05, 4.69) is 11.0 Å². The van der Waals surface area contributed by atoms with Gasteiger partial charge in [0.25, 0.3) is 0 Å². The van der Waals surface area contributed by atoms with Crippen LogP contribution in [0.25, 0.3) is 0 Å². The van der Waals surface area contributed by atoms with Crippen LogP contribution in [0, 0.1) is 17.2 Å². The summed E-state index contributed by atoms with van der Waals surface area (Å²) in [6.45, 7) is 1.83. The van der Waals surface area contributed by atoms with Gasteiger partial charge in [-0.05, 0) is 32.0 Å². The Morgan fingerprint density at radius 2 is 2.17 bits per heavy atom. The number of nitrogens with zero attached hydrogens (tertiary/aromatic N) is 2. The van der Waals surface area contributed by atoms with Crippen LogP contribution < -0.4 is 0 Å². The van der Waals surface area contributed by atoms with E-state index in [-0.39, 0.29) is 11.7 Å². The van der Waals surface area contributed by atoms with Gasteiger partial charge in [-0.25, -0.2) is 0 Å². The van der Waals surface area contributed by atoms with E-state index in [1.54, 1.807) is 0 Å². The number of rotatable bonds is 3. The topological polar surface area (TPSA) is 44.1 Å². The first kappa shape index (κ1) is 12.8. The Morgan fingerprint density at radius 1 is 1.44 bits per heavy atom. The van der Waals surface area contributed by atoms with E-state index in [0.717, 1.165) is 31.5 Å². The number of piperidine rings is 1. The molecule has 2 rings (SSSR count). The van der Waals surface area contributed by atoms with Crippen LogP contribution in [0.4, 0.5) is 0 Å². The Balaban J connectivity index is 2.14. The van der Waals surface area contributed by atoms with Crippen molar-refractivity contribution in [3.63, 3.8) is 0 Å². The van der Waals surface area contributed by atoms with E-state index in [4.69, 9.17) is 0 Å². The Labute approximate surface area is 108 Å². The first-order valence-corrected chi connectivity index (χ1v) is 6.39. The molecule has 0 saturated carbocycles. The quantitative estimate of drug-likeness (QED) is 0.816. The number of carbonyl (C=O) groups is 1. The summed E-state index contributed by atoms with van der Waals surface area (Å²) in [6, 6.07) is 11.5. The lowest BCUT2D eigenvalue weighted by Gasteiger charge is -2.29. The Hall–Kier alpha value is -1.66. The predicted molar refractivity (Wildman–Crippen MR) is 70.0 cm³/mol. The van der Waals surface area contributed by atoms with Crippen molar-refractivity contribution < 1.29 is 4.79 Å². The summed E-state index contributed by atoms with van der Waals surface area (Å²) in [7, 11) is 2.03. The van der Waals surface area contributed by atoms with Crippen LogP contribution >= 0.6 is 0 Å². The van der Waals surface area contributed by atoms with Crippen LogP contribution in [-0.4, -0.2) is 30.8 Å². The van der Waals surface area contributed by atoms with Gasteiger partial charge >= 0.3 is 0 Å². The maximum absolute atomic E-state index is 12.4. The minimum Gasteiger partial charge on any atom is -0.306 e. The van der Waals surface area contributed by atoms with E-state index in [0.29, 0.717) is 0 Å². The summed E-state index contributed by atoms with van der Waals surface area (Å²) in [4.78, 5) is 14.6. The highest BCUT2D eigenvalue weighted by Gasteiger charge is 2.30. The zero-order valence-corrected chi connectivity index (χ0v) is 10.7. The second-order valence-electron chi connectivity index (χ2n) is 4.98. The number of likely N-dealkylation sites (tertiary alicyclic amines) is 1. The maximum Gasteiger partial charge on any atom is 0.158 e. The van der Waals surface area contributed by atoms with E-state index in [1.165, 1.54) is 0 Å². The highest BCUT2D eigenvalue weighted by atomic mass is 16.1. The van der Waals surface area contributed by atoms with Crippen LogP contribution in [0.15, 0.2) is 30.3 Å². The SMILES string of the molecule is CN1CCC[C@H](C(=O)[C@H](C#N)c2ccccc2)C1. The number of Topliss-reactive ketones (excluding diaryl/α,β-unsaturated/α-hetero) is 1. The molecule has 1 aromatic carbocycles. The van der Waals surface area contributed by atoms with E-state index < -0.39 is 5.92 Å². The molecule has 1 aliphatic heterocycles. The summed E-state index contributed by atoms with van der Waals surface area (Å²) in [6.07, 6.45) is 1.95. The fourth-order valence-electron chi connectivity index (χ4n) is 2.58. The van der Waals surface area contributed by atoms with E-state index >= 15 is 0 Å². The Kier molecular flexibility index (Phi) is 4.11. The van der Waals surface area contributed by atoms with Gasteiger partial charge in [0.1, 0.15) is 5.92 Å².